The second kappa shape index (κ2) is 8.93. The number of amides is 1. The first-order valence-corrected chi connectivity index (χ1v) is 8.01. The van der Waals surface area contributed by atoms with E-state index in [0.717, 1.165) is 0 Å². The van der Waals surface area contributed by atoms with Gasteiger partial charge < -0.3 is 10.1 Å². The van der Waals surface area contributed by atoms with E-state index < -0.39 is 5.91 Å². The molecule has 0 unspecified atom stereocenters. The van der Waals surface area contributed by atoms with Crippen LogP contribution in [-0.4, -0.2) is 12.5 Å². The third-order valence-corrected chi connectivity index (χ3v) is 3.64. The molecule has 0 spiro atoms. The molecular formula is C19H14Cl2N2O2. The van der Waals surface area contributed by atoms with E-state index in [1.165, 1.54) is 6.08 Å². The Hall–Kier alpha value is -2.74. The Labute approximate surface area is 155 Å². The number of nitriles is 1. The molecule has 0 aliphatic carbocycles. The lowest BCUT2D eigenvalue weighted by atomic mass is 10.1. The number of hydrogen-bond acceptors (Lipinski definition) is 3. The van der Waals surface area contributed by atoms with E-state index >= 15 is 0 Å². The van der Waals surface area contributed by atoms with Gasteiger partial charge in [-0.1, -0.05) is 41.9 Å². The van der Waals surface area contributed by atoms with Gasteiger partial charge in [0.1, 0.15) is 24.0 Å². The molecule has 1 N–H and O–H groups in total. The smallest absolute Gasteiger partial charge is 0.266 e. The van der Waals surface area contributed by atoms with Crippen LogP contribution in [0.25, 0.3) is 6.08 Å². The number of halogens is 2. The lowest BCUT2D eigenvalue weighted by Crippen LogP contribution is -2.13. The number of hydrogen-bond donors (Lipinski definition) is 1. The van der Waals surface area contributed by atoms with Crippen LogP contribution in [0.2, 0.25) is 10.0 Å². The molecule has 0 aliphatic rings. The summed E-state index contributed by atoms with van der Waals surface area (Å²) in [4.78, 5) is 12.2. The normalized spacial score (nSPS) is 10.7. The summed E-state index contributed by atoms with van der Waals surface area (Å²) in [5, 5.41) is 12.8. The van der Waals surface area contributed by atoms with Gasteiger partial charge in [-0.15, -0.1) is 0 Å². The molecule has 25 heavy (non-hydrogen) atoms. The summed E-state index contributed by atoms with van der Waals surface area (Å²) in [6.45, 7) is 3.90. The second-order valence-corrected chi connectivity index (χ2v) is 5.76. The van der Waals surface area contributed by atoms with Gasteiger partial charge in [-0.25, -0.2) is 0 Å². The van der Waals surface area contributed by atoms with Gasteiger partial charge in [0.05, 0.1) is 5.02 Å². The first-order valence-electron chi connectivity index (χ1n) is 7.25. The quantitative estimate of drug-likeness (QED) is 0.435. The van der Waals surface area contributed by atoms with E-state index in [-0.39, 0.29) is 5.57 Å². The van der Waals surface area contributed by atoms with Crippen molar-refractivity contribution in [2.24, 2.45) is 0 Å². The van der Waals surface area contributed by atoms with Crippen molar-refractivity contribution in [3.8, 4) is 11.8 Å². The third-order valence-electron chi connectivity index (χ3n) is 3.09. The molecule has 126 valence electrons. The number of rotatable bonds is 6. The van der Waals surface area contributed by atoms with Crippen LogP contribution in [0.15, 0.2) is 60.7 Å². The summed E-state index contributed by atoms with van der Waals surface area (Å²) in [5.41, 5.74) is 1.10. The lowest BCUT2D eigenvalue weighted by Gasteiger charge is -2.07. The molecule has 0 saturated carbocycles. The molecule has 0 atom stereocenters. The average molecular weight is 373 g/mol. The summed E-state index contributed by atoms with van der Waals surface area (Å²) in [6.07, 6.45) is 3.06. The van der Waals surface area contributed by atoms with Crippen LogP contribution in [-0.2, 0) is 4.79 Å². The Balaban J connectivity index is 2.17. The molecule has 0 radical (unpaired) electrons. The highest BCUT2D eigenvalue weighted by Crippen LogP contribution is 2.26. The minimum Gasteiger partial charge on any atom is -0.488 e. The van der Waals surface area contributed by atoms with E-state index in [4.69, 9.17) is 27.9 Å². The van der Waals surface area contributed by atoms with E-state index in [2.05, 4.69) is 11.9 Å². The zero-order valence-corrected chi connectivity index (χ0v) is 14.6. The van der Waals surface area contributed by atoms with Gasteiger partial charge in [-0.3, -0.25) is 4.79 Å². The van der Waals surface area contributed by atoms with Crippen LogP contribution in [0, 0.1) is 11.3 Å². The van der Waals surface area contributed by atoms with Crippen molar-refractivity contribution < 1.29 is 9.53 Å². The van der Waals surface area contributed by atoms with Crippen molar-refractivity contribution in [2.45, 2.75) is 0 Å². The van der Waals surface area contributed by atoms with Crippen molar-refractivity contribution in [1.29, 1.82) is 5.26 Å². The van der Waals surface area contributed by atoms with Crippen molar-refractivity contribution in [3.05, 3.63) is 76.3 Å². The van der Waals surface area contributed by atoms with E-state index in [1.54, 1.807) is 48.5 Å². The van der Waals surface area contributed by atoms with Crippen molar-refractivity contribution >= 4 is 40.9 Å². The SMILES string of the molecule is C=CCOc1ccc(/C=C(\C#N)C(=O)Nc2ccc(Cl)cc2)cc1Cl. The first-order chi connectivity index (χ1) is 12.0. The number of benzene rings is 2. The van der Waals surface area contributed by atoms with Crippen LogP contribution >= 0.6 is 23.2 Å². The molecule has 2 rings (SSSR count). The fourth-order valence-electron chi connectivity index (χ4n) is 1.92. The van der Waals surface area contributed by atoms with Crippen LogP contribution < -0.4 is 10.1 Å². The number of nitrogens with zero attached hydrogens (tertiary/aromatic N) is 1. The van der Waals surface area contributed by atoms with Gasteiger partial charge in [0, 0.05) is 10.7 Å². The van der Waals surface area contributed by atoms with Gasteiger partial charge in [-0.05, 0) is 48.0 Å². The molecule has 4 nitrogen and oxygen atoms in total. The Kier molecular flexibility index (Phi) is 6.64. The van der Waals surface area contributed by atoms with Gasteiger partial charge >= 0.3 is 0 Å². The Morgan fingerprint density at radius 2 is 1.96 bits per heavy atom. The topological polar surface area (TPSA) is 62.1 Å². The van der Waals surface area contributed by atoms with Gasteiger partial charge in [-0.2, -0.15) is 5.26 Å². The largest absolute Gasteiger partial charge is 0.488 e. The highest BCUT2D eigenvalue weighted by atomic mass is 35.5. The monoisotopic (exact) mass is 372 g/mol. The third kappa shape index (κ3) is 5.39. The zero-order valence-electron chi connectivity index (χ0n) is 13.1. The maximum absolute atomic E-state index is 12.2. The van der Waals surface area contributed by atoms with E-state index in [1.807, 2.05) is 6.07 Å². The van der Waals surface area contributed by atoms with Crippen LogP contribution in [0.4, 0.5) is 5.69 Å². The molecular weight excluding hydrogens is 359 g/mol. The van der Waals surface area contributed by atoms with Crippen molar-refractivity contribution in [1.82, 2.24) is 0 Å². The molecule has 0 aromatic heterocycles. The van der Waals surface area contributed by atoms with E-state index in [9.17, 15) is 10.1 Å². The zero-order chi connectivity index (χ0) is 18.2. The number of anilines is 1. The highest BCUT2D eigenvalue weighted by Gasteiger charge is 2.10. The van der Waals surface area contributed by atoms with Crippen LogP contribution in [0.5, 0.6) is 5.75 Å². The minimum atomic E-state index is -0.520. The summed E-state index contributed by atoms with van der Waals surface area (Å²) in [7, 11) is 0. The fraction of sp³-hybridized carbons (Fsp3) is 0.0526. The summed E-state index contributed by atoms with van der Waals surface area (Å²) < 4.78 is 5.38. The van der Waals surface area contributed by atoms with Gasteiger partial charge in [0.15, 0.2) is 0 Å². The van der Waals surface area contributed by atoms with Crippen LogP contribution in [0.1, 0.15) is 5.56 Å². The average Bonchev–Trinajstić information content (AvgIpc) is 2.60. The number of carbonyl (C=O) groups excluding carboxylic acids is 1. The number of carbonyl (C=O) groups is 1. The van der Waals surface area contributed by atoms with Gasteiger partial charge in [0.2, 0.25) is 0 Å². The molecule has 6 heteroatoms. The van der Waals surface area contributed by atoms with E-state index in [0.29, 0.717) is 33.7 Å². The molecule has 2 aromatic rings. The van der Waals surface area contributed by atoms with Crippen molar-refractivity contribution in [3.63, 3.8) is 0 Å². The summed E-state index contributed by atoms with van der Waals surface area (Å²) in [6, 6.07) is 13.5. The minimum absolute atomic E-state index is 0.0502. The maximum Gasteiger partial charge on any atom is 0.266 e. The molecule has 0 aliphatic heterocycles. The Morgan fingerprint density at radius 3 is 2.56 bits per heavy atom. The second-order valence-electron chi connectivity index (χ2n) is 4.92. The summed E-state index contributed by atoms with van der Waals surface area (Å²) in [5.74, 6) is -0.0178. The predicted molar refractivity (Wildman–Crippen MR) is 101 cm³/mol. The lowest BCUT2D eigenvalue weighted by molar-refractivity contribution is -0.112. The number of ether oxygens (including phenoxy) is 1. The predicted octanol–water partition coefficient (Wildman–Crippen LogP) is 5.10. The first kappa shape index (κ1) is 18.6. The fourth-order valence-corrected chi connectivity index (χ4v) is 2.29. The van der Waals surface area contributed by atoms with Gasteiger partial charge in [0.25, 0.3) is 5.91 Å². The molecule has 0 saturated heterocycles. The van der Waals surface area contributed by atoms with Crippen molar-refractivity contribution in [2.75, 3.05) is 11.9 Å². The molecule has 0 fully saturated rings. The molecule has 0 bridgehead atoms. The number of nitrogens with one attached hydrogen (secondary N) is 1. The standard InChI is InChI=1S/C19H14Cl2N2O2/c1-2-9-25-18-8-3-13(11-17(18)21)10-14(12-22)19(24)23-16-6-4-15(20)5-7-16/h2-8,10-11H,1,9H2,(H,23,24)/b14-10+. The Morgan fingerprint density at radius 1 is 1.24 bits per heavy atom. The summed E-state index contributed by atoms with van der Waals surface area (Å²) >= 11 is 11.9. The Bertz CT molecular complexity index is 853. The highest BCUT2D eigenvalue weighted by molar-refractivity contribution is 6.32. The molecule has 2 aromatic carbocycles. The van der Waals surface area contributed by atoms with Crippen LogP contribution in [0.3, 0.4) is 0 Å². The maximum atomic E-state index is 12.2. The molecule has 0 heterocycles. The molecule has 1 amide bonds.